The molecule has 1 unspecified atom stereocenters. The van der Waals surface area contributed by atoms with E-state index in [0.29, 0.717) is 6.61 Å². The zero-order chi connectivity index (χ0) is 41.3. The average molecular weight is 850 g/mol. The molecule has 4 aliphatic carbocycles. The van der Waals surface area contributed by atoms with Gasteiger partial charge in [0, 0.05) is 6.54 Å². The number of esters is 1. The molecule has 1 aliphatic heterocycles. The zero-order valence-corrected chi connectivity index (χ0v) is 35.8. The van der Waals surface area contributed by atoms with Gasteiger partial charge < -0.3 is 4.74 Å². The van der Waals surface area contributed by atoms with E-state index in [2.05, 4.69) is 11.9 Å². The van der Waals surface area contributed by atoms with E-state index in [1.54, 1.807) is 313 Å². The summed E-state index contributed by atoms with van der Waals surface area (Å²) in [7, 11) is 2.33. The summed E-state index contributed by atoms with van der Waals surface area (Å²) in [6, 6.07) is -0.451. The summed E-state index contributed by atoms with van der Waals surface area (Å²) in [6.07, 6.45) is 0. The molecule has 33 rings (SSSR count). The third kappa shape index (κ3) is 1.34. The minimum atomic E-state index is -0.640. The summed E-state index contributed by atoms with van der Waals surface area (Å²) in [4.78, 5) is 18.5. The summed E-state index contributed by atoms with van der Waals surface area (Å²) >= 11 is 0. The van der Waals surface area contributed by atoms with Gasteiger partial charge in [-0.2, -0.15) is 0 Å². The van der Waals surface area contributed by atoms with Crippen molar-refractivity contribution in [3.05, 3.63) is 22.3 Å². The van der Waals surface area contributed by atoms with Crippen molar-refractivity contribution in [1.29, 1.82) is 0 Å². The molecule has 28 aromatic carbocycles. The molecule has 3 nitrogen and oxygen atoms in total. The second kappa shape index (κ2) is 5.76. The number of likely N-dealkylation sites (N-methyl/N-ethyl adjacent to an activating group) is 1. The lowest BCUT2D eigenvalue weighted by molar-refractivity contribution is -0.149. The molecule has 0 bridgehead atoms. The number of nitrogens with zero attached hydrogens (tertiary/aromatic N) is 1. The van der Waals surface area contributed by atoms with Crippen LogP contribution in [0.3, 0.4) is 0 Å². The monoisotopic (exact) mass is 849 g/mol. The van der Waals surface area contributed by atoms with Crippen molar-refractivity contribution in [2.75, 3.05) is 20.2 Å². The van der Waals surface area contributed by atoms with Crippen LogP contribution >= 0.6 is 0 Å². The first-order valence-electron chi connectivity index (χ1n) is 25.9. The Balaban J connectivity index is 1.21. The zero-order valence-electron chi connectivity index (χ0n) is 35.8. The number of ether oxygens (including phenoxy) is 1. The van der Waals surface area contributed by atoms with Crippen LogP contribution in [0.2, 0.25) is 0 Å². The van der Waals surface area contributed by atoms with Crippen LogP contribution in [-0.4, -0.2) is 37.1 Å². The van der Waals surface area contributed by atoms with Crippen molar-refractivity contribution in [2.45, 2.75) is 23.8 Å². The van der Waals surface area contributed by atoms with Crippen molar-refractivity contribution in [3.8, 4) is 0 Å². The summed E-state index contributed by atoms with van der Waals surface area (Å²) in [5.41, 5.74) is 5.23. The summed E-state index contributed by atoms with van der Waals surface area (Å²) in [5.74, 6) is -0.0191. The molecular weight excluding hydrogens is 839 g/mol. The molecule has 1 fully saturated rings. The van der Waals surface area contributed by atoms with Gasteiger partial charge in [-0.3, -0.25) is 9.69 Å². The number of rotatable bonds is 2. The van der Waals surface area contributed by atoms with Crippen LogP contribution < -0.4 is 0 Å². The summed E-state index contributed by atoms with van der Waals surface area (Å²) < 4.78 is 6.56. The topological polar surface area (TPSA) is 29.5 Å². The summed E-state index contributed by atoms with van der Waals surface area (Å²) in [5, 5.41) is 86.3. The van der Waals surface area contributed by atoms with Crippen LogP contribution in [-0.2, 0) is 20.4 Å². The molecule has 0 N–H and O–H groups in total. The van der Waals surface area contributed by atoms with Gasteiger partial charge >= 0.3 is 5.97 Å². The molecule has 28 aromatic rings. The maximum absolute atomic E-state index is 15.9. The Morgan fingerprint density at radius 2 is 0.507 bits per heavy atom. The van der Waals surface area contributed by atoms with Crippen molar-refractivity contribution in [1.82, 2.24) is 4.90 Å². The maximum atomic E-state index is 15.9. The van der Waals surface area contributed by atoms with Gasteiger partial charge in [-0.25, -0.2) is 0 Å². The first kappa shape index (κ1) is 25.9. The fourth-order valence-corrected chi connectivity index (χ4v) is 25.6. The first-order chi connectivity index (χ1) is 34.2. The maximum Gasteiger partial charge on any atom is 0.324 e. The molecule has 1 atom stereocenters. The van der Waals surface area contributed by atoms with E-state index in [-0.39, 0.29) is 5.97 Å². The lowest BCUT2D eigenvalue weighted by Crippen LogP contribution is -2.57. The molecule has 0 radical (unpaired) electrons. The van der Waals surface area contributed by atoms with Crippen molar-refractivity contribution in [3.63, 3.8) is 0 Å². The summed E-state index contributed by atoms with van der Waals surface area (Å²) in [6.45, 7) is 3.25. The Kier molecular flexibility index (Phi) is 2.16. The van der Waals surface area contributed by atoms with E-state index in [9.17, 15) is 0 Å². The highest BCUT2D eigenvalue weighted by Gasteiger charge is 2.77. The Hall–Kier alpha value is -8.11. The van der Waals surface area contributed by atoms with Gasteiger partial charge in [0.1, 0.15) is 6.04 Å². The van der Waals surface area contributed by atoms with Gasteiger partial charge in [-0.1, -0.05) is 0 Å². The number of carbonyl (C=O) groups excluding carboxylic acids is 1. The standard InChI is InChI=1S/C66H11NO2/c1-3-69-64(68)63-66-61-55-49-39-27-19-11-7-5-6-9-13(11)21(27)31-25-17(9)18-10(6)14-12-8(5)16-15(7)23-29(19)37-43-33(23)34-24(16)30-20(12)28-22(14)32-26(18)36-35(25)47(41(31)49)57(61)58-48(36)42(32)50-40(28)46-38(30)44(34)52-51(43)59(53(55)45(37)39)65(66,4-67(63)2)60(52)54(46)56(50)62(58)66/h63H,3-4H2,1-2H3. The van der Waals surface area contributed by atoms with E-state index in [1.807, 2.05) is 6.92 Å². The molecule has 3 heteroatoms. The Morgan fingerprint density at radius 1 is 0.333 bits per heavy atom. The number of hydrogen-bond acceptors (Lipinski definition) is 3. The predicted octanol–water partition coefficient (Wildman–Crippen LogP) is 16.2. The van der Waals surface area contributed by atoms with Gasteiger partial charge in [-0.15, -0.1) is 0 Å². The van der Waals surface area contributed by atoms with Crippen LogP contribution in [0, 0.1) is 0 Å². The van der Waals surface area contributed by atoms with E-state index in [4.69, 9.17) is 4.74 Å². The fraction of sp³-hybridized carbons (Fsp3) is 0.106. The lowest BCUT2D eigenvalue weighted by atomic mass is 9.48. The van der Waals surface area contributed by atoms with Gasteiger partial charge in [0.15, 0.2) is 0 Å². The predicted molar refractivity (Wildman–Crippen MR) is 287 cm³/mol. The molecule has 0 saturated carbocycles. The van der Waals surface area contributed by atoms with Crippen molar-refractivity contribution < 1.29 is 9.53 Å². The third-order valence-corrected chi connectivity index (χ3v) is 25.4. The number of hydrogen-bond donors (Lipinski definition) is 0. The minimum absolute atomic E-state index is 0.0191. The van der Waals surface area contributed by atoms with Crippen molar-refractivity contribution >= 4 is 297 Å². The van der Waals surface area contributed by atoms with Crippen LogP contribution in [0.1, 0.15) is 29.2 Å². The second-order valence-electron chi connectivity index (χ2n) is 25.5. The molecule has 292 valence electrons. The van der Waals surface area contributed by atoms with Crippen LogP contribution in [0.15, 0.2) is 0 Å². The van der Waals surface area contributed by atoms with Crippen LogP contribution in [0.5, 0.6) is 0 Å². The van der Waals surface area contributed by atoms with Crippen LogP contribution in [0.25, 0.3) is 291 Å². The quantitative estimate of drug-likeness (QED) is 0.128. The average Bonchev–Trinajstić information content (AvgIpc) is 4.23. The number of likely N-dealkylation sites (tertiary alicyclic amines) is 1. The fourth-order valence-electron chi connectivity index (χ4n) is 25.6. The molecule has 69 heavy (non-hydrogen) atoms. The molecule has 5 aliphatic rings. The highest BCUT2D eigenvalue weighted by molar-refractivity contribution is 6.82. The third-order valence-electron chi connectivity index (χ3n) is 25.4. The van der Waals surface area contributed by atoms with E-state index in [1.165, 1.54) is 0 Å². The highest BCUT2D eigenvalue weighted by atomic mass is 16.5. The molecule has 0 amide bonds. The Bertz CT molecular complexity index is 6990. The number of benzene rings is 18. The molecule has 1 heterocycles. The van der Waals surface area contributed by atoms with E-state index in [0.717, 1.165) is 6.54 Å². The Labute approximate surface area is 375 Å². The van der Waals surface area contributed by atoms with Gasteiger partial charge in [-0.05, 0) is 327 Å². The van der Waals surface area contributed by atoms with E-state index >= 15 is 4.79 Å². The molecule has 0 aromatic heterocycles. The van der Waals surface area contributed by atoms with Gasteiger partial charge in [0.05, 0.1) is 17.4 Å². The molecular formula is C66H11NO2. The lowest BCUT2D eigenvalue weighted by Gasteiger charge is -2.51. The van der Waals surface area contributed by atoms with Crippen LogP contribution in [0.4, 0.5) is 0 Å². The minimum Gasteiger partial charge on any atom is -0.465 e. The second-order valence-corrected chi connectivity index (χ2v) is 25.5. The molecule has 2 spiro atoms. The normalized spacial score (nSPS) is 24.1. The largest absolute Gasteiger partial charge is 0.465 e. The highest BCUT2D eigenvalue weighted by Crippen LogP contribution is 2.86. The smallest absolute Gasteiger partial charge is 0.324 e. The number of carbonyl (C=O) groups is 1. The van der Waals surface area contributed by atoms with Gasteiger partial charge in [0.25, 0.3) is 0 Å². The SMILES string of the molecule is CCOC(=O)C1N(C)CC23c4c5c6c7c8c9c(c%10c%11c2c2c4c4c%12c5c5c6c6c8c8c%13c9c9c%10c%10c%11c%11c2c2c4c4c%12c%12c5c5c6c8c6c8c%13c9c9c%10c%10c%11c2c2c4c4c%12c5c6c5c8c9c%10c2c45)C713. The first-order valence-corrected chi connectivity index (χ1v) is 25.9. The van der Waals surface area contributed by atoms with Gasteiger partial charge in [0.2, 0.25) is 0 Å². The molecule has 1 saturated heterocycles. The van der Waals surface area contributed by atoms with Crippen molar-refractivity contribution in [2.24, 2.45) is 0 Å². The van der Waals surface area contributed by atoms with E-state index < -0.39 is 16.9 Å². The Morgan fingerprint density at radius 3 is 0.696 bits per heavy atom.